The fourth-order valence-electron chi connectivity index (χ4n) is 2.93. The number of carbonyl (C=O) groups is 1. The third-order valence-corrected chi connectivity index (χ3v) is 4.35. The van der Waals surface area contributed by atoms with Crippen LogP contribution in [-0.4, -0.2) is 40.6 Å². The van der Waals surface area contributed by atoms with Crippen LogP contribution >= 0.6 is 0 Å². The molecule has 6 heteroatoms. The number of para-hydroxylation sites is 1. The van der Waals surface area contributed by atoms with E-state index in [0.29, 0.717) is 24.1 Å². The molecule has 0 atom stereocenters. The monoisotopic (exact) mass is 365 g/mol. The van der Waals surface area contributed by atoms with E-state index in [1.807, 2.05) is 32.0 Å². The molecule has 0 unspecified atom stereocenters. The molecule has 2 aromatic carbocycles. The molecule has 6 nitrogen and oxygen atoms in total. The van der Waals surface area contributed by atoms with Crippen LogP contribution in [0.2, 0.25) is 0 Å². The predicted molar refractivity (Wildman–Crippen MR) is 105 cm³/mol. The first-order valence-corrected chi connectivity index (χ1v) is 8.83. The highest BCUT2D eigenvalue weighted by molar-refractivity contribution is 5.78. The second-order valence-electron chi connectivity index (χ2n) is 6.68. The summed E-state index contributed by atoms with van der Waals surface area (Å²) in [5, 5.41) is 0.508. The van der Waals surface area contributed by atoms with Crippen LogP contribution in [0.5, 0.6) is 5.75 Å². The zero-order chi connectivity index (χ0) is 19.4. The number of ether oxygens (including phenoxy) is 1. The number of aromatic nitrogens is 2. The van der Waals surface area contributed by atoms with E-state index in [-0.39, 0.29) is 18.0 Å². The second kappa shape index (κ2) is 8.03. The van der Waals surface area contributed by atoms with Gasteiger partial charge < -0.3 is 9.64 Å². The Balaban J connectivity index is 1.59. The molecule has 0 N–H and O–H groups in total. The number of hydrogen-bond donors (Lipinski definition) is 0. The van der Waals surface area contributed by atoms with E-state index in [2.05, 4.69) is 11.1 Å². The average molecular weight is 365 g/mol. The van der Waals surface area contributed by atoms with Crippen molar-refractivity contribution in [1.82, 2.24) is 14.5 Å². The largest absolute Gasteiger partial charge is 0.492 e. The van der Waals surface area contributed by atoms with E-state index < -0.39 is 0 Å². The Morgan fingerprint density at radius 1 is 1.15 bits per heavy atom. The van der Waals surface area contributed by atoms with Crippen molar-refractivity contribution in [1.29, 1.82) is 0 Å². The molecule has 0 aliphatic carbocycles. The summed E-state index contributed by atoms with van der Waals surface area (Å²) < 4.78 is 7.08. The van der Waals surface area contributed by atoms with Crippen molar-refractivity contribution in [2.75, 3.05) is 20.2 Å². The highest BCUT2D eigenvalue weighted by atomic mass is 16.5. The van der Waals surface area contributed by atoms with E-state index in [4.69, 9.17) is 4.74 Å². The minimum Gasteiger partial charge on any atom is -0.492 e. The molecular formula is C21H23N3O3. The molecule has 0 radical (unpaired) electrons. The van der Waals surface area contributed by atoms with Gasteiger partial charge in [-0.1, -0.05) is 18.2 Å². The molecule has 0 fully saturated rings. The number of benzene rings is 2. The molecule has 0 saturated carbocycles. The maximum atomic E-state index is 12.5. The summed E-state index contributed by atoms with van der Waals surface area (Å²) in [7, 11) is 1.70. The lowest BCUT2D eigenvalue weighted by Crippen LogP contribution is -2.36. The van der Waals surface area contributed by atoms with Crippen LogP contribution in [0.3, 0.4) is 0 Å². The summed E-state index contributed by atoms with van der Waals surface area (Å²) in [6, 6.07) is 13.1. The lowest BCUT2D eigenvalue weighted by atomic mass is 10.1. The molecule has 0 aliphatic rings. The molecule has 1 amide bonds. The normalized spacial score (nSPS) is 10.8. The number of nitrogens with zero attached hydrogens (tertiary/aromatic N) is 3. The van der Waals surface area contributed by atoms with Gasteiger partial charge in [-0.3, -0.25) is 14.2 Å². The molecule has 0 bridgehead atoms. The average Bonchev–Trinajstić information content (AvgIpc) is 2.63. The Morgan fingerprint density at radius 3 is 2.59 bits per heavy atom. The fraction of sp³-hybridized carbons (Fsp3) is 0.286. The molecule has 1 aromatic heterocycles. The standard InChI is InChI=1S/C21H23N3O3/c1-15-10-16(2)12-17(11-15)27-9-8-23(3)20(25)13-24-14-22-19-7-5-4-6-18(19)21(24)26/h4-7,10-12,14H,8-9,13H2,1-3H3. The number of amides is 1. The molecule has 3 rings (SSSR count). The minimum absolute atomic E-state index is 0.0449. The minimum atomic E-state index is -0.214. The SMILES string of the molecule is Cc1cc(C)cc(OCCN(C)C(=O)Cn2cnc3ccccc3c2=O)c1. The summed E-state index contributed by atoms with van der Waals surface area (Å²) in [6.45, 7) is 4.81. The summed E-state index contributed by atoms with van der Waals surface area (Å²) in [5.74, 6) is 0.626. The van der Waals surface area contributed by atoms with Crippen LogP contribution in [0.25, 0.3) is 10.9 Å². The molecule has 140 valence electrons. The fourth-order valence-corrected chi connectivity index (χ4v) is 2.93. The predicted octanol–water partition coefficient (Wildman–Crippen LogP) is 2.55. The highest BCUT2D eigenvalue weighted by Crippen LogP contribution is 2.16. The number of fused-ring (bicyclic) bond motifs is 1. The van der Waals surface area contributed by atoms with Gasteiger partial charge in [-0.05, 0) is 49.2 Å². The van der Waals surface area contributed by atoms with E-state index >= 15 is 0 Å². The third-order valence-electron chi connectivity index (χ3n) is 4.35. The van der Waals surface area contributed by atoms with Gasteiger partial charge in [0.25, 0.3) is 5.56 Å². The number of rotatable bonds is 6. The first kappa shape index (κ1) is 18.6. The number of likely N-dealkylation sites (N-methyl/N-ethyl adjacent to an activating group) is 1. The van der Waals surface area contributed by atoms with Crippen LogP contribution in [0.4, 0.5) is 0 Å². The van der Waals surface area contributed by atoms with E-state index in [1.54, 1.807) is 30.1 Å². The van der Waals surface area contributed by atoms with Gasteiger partial charge in [0.05, 0.1) is 23.8 Å². The van der Waals surface area contributed by atoms with E-state index in [1.165, 1.54) is 10.9 Å². The number of carbonyl (C=O) groups excluding carboxylic acids is 1. The zero-order valence-corrected chi connectivity index (χ0v) is 15.8. The van der Waals surface area contributed by atoms with Crippen molar-refractivity contribution in [3.8, 4) is 5.75 Å². The van der Waals surface area contributed by atoms with Gasteiger partial charge >= 0.3 is 0 Å². The Labute approximate surface area is 158 Å². The first-order chi connectivity index (χ1) is 12.9. The lowest BCUT2D eigenvalue weighted by molar-refractivity contribution is -0.130. The highest BCUT2D eigenvalue weighted by Gasteiger charge is 2.12. The lowest BCUT2D eigenvalue weighted by Gasteiger charge is -2.18. The Bertz CT molecular complexity index is 1010. The van der Waals surface area contributed by atoms with Crippen molar-refractivity contribution in [2.45, 2.75) is 20.4 Å². The molecule has 3 aromatic rings. The number of hydrogen-bond acceptors (Lipinski definition) is 4. The quantitative estimate of drug-likeness (QED) is 0.673. The summed E-state index contributed by atoms with van der Waals surface area (Å²) in [6.07, 6.45) is 1.42. The molecule has 0 aliphatic heterocycles. The van der Waals surface area contributed by atoms with E-state index in [0.717, 1.165) is 16.9 Å². The second-order valence-corrected chi connectivity index (χ2v) is 6.68. The van der Waals surface area contributed by atoms with Crippen molar-refractivity contribution < 1.29 is 9.53 Å². The maximum Gasteiger partial charge on any atom is 0.261 e. The van der Waals surface area contributed by atoms with Crippen molar-refractivity contribution in [3.63, 3.8) is 0 Å². The summed E-state index contributed by atoms with van der Waals surface area (Å²) >= 11 is 0. The van der Waals surface area contributed by atoms with E-state index in [9.17, 15) is 9.59 Å². The Hall–Kier alpha value is -3.15. The molecular weight excluding hydrogens is 342 g/mol. The summed E-state index contributed by atoms with van der Waals surface area (Å²) in [4.78, 5) is 30.7. The zero-order valence-electron chi connectivity index (χ0n) is 15.8. The van der Waals surface area contributed by atoms with Gasteiger partial charge in [0.1, 0.15) is 18.9 Å². The van der Waals surface area contributed by atoms with Gasteiger partial charge in [0.2, 0.25) is 5.91 Å². The van der Waals surface area contributed by atoms with Crippen LogP contribution in [0.15, 0.2) is 53.6 Å². The topological polar surface area (TPSA) is 64.4 Å². The maximum absolute atomic E-state index is 12.5. The first-order valence-electron chi connectivity index (χ1n) is 8.83. The Kier molecular flexibility index (Phi) is 5.54. The van der Waals surface area contributed by atoms with Gasteiger partial charge in [-0.25, -0.2) is 4.98 Å². The van der Waals surface area contributed by atoms with Crippen LogP contribution in [0, 0.1) is 13.8 Å². The van der Waals surface area contributed by atoms with Gasteiger partial charge in [-0.15, -0.1) is 0 Å². The Morgan fingerprint density at radius 2 is 1.85 bits per heavy atom. The van der Waals surface area contributed by atoms with Crippen LogP contribution < -0.4 is 10.3 Å². The van der Waals surface area contributed by atoms with Gasteiger partial charge in [0, 0.05) is 7.05 Å². The van der Waals surface area contributed by atoms with Crippen molar-refractivity contribution >= 4 is 16.8 Å². The molecule has 0 saturated heterocycles. The smallest absolute Gasteiger partial charge is 0.261 e. The number of aryl methyl sites for hydroxylation is 2. The van der Waals surface area contributed by atoms with Gasteiger partial charge in [-0.2, -0.15) is 0 Å². The van der Waals surface area contributed by atoms with Crippen molar-refractivity contribution in [3.05, 3.63) is 70.3 Å². The summed E-state index contributed by atoms with van der Waals surface area (Å²) in [5.41, 5.74) is 2.69. The third kappa shape index (κ3) is 4.53. The van der Waals surface area contributed by atoms with Crippen LogP contribution in [-0.2, 0) is 11.3 Å². The van der Waals surface area contributed by atoms with Crippen LogP contribution in [0.1, 0.15) is 11.1 Å². The molecule has 1 heterocycles. The molecule has 0 spiro atoms. The molecule has 27 heavy (non-hydrogen) atoms. The van der Waals surface area contributed by atoms with Gasteiger partial charge in [0.15, 0.2) is 0 Å². The van der Waals surface area contributed by atoms with Crippen molar-refractivity contribution in [2.24, 2.45) is 0 Å².